The van der Waals surface area contributed by atoms with E-state index in [1.54, 1.807) is 20.8 Å². The summed E-state index contributed by atoms with van der Waals surface area (Å²) in [6.45, 7) is 4.97. The molecule has 1 aliphatic heterocycles. The van der Waals surface area contributed by atoms with Crippen LogP contribution in [0.4, 0.5) is 35.5 Å². The molecule has 0 radical (unpaired) electrons. The summed E-state index contributed by atoms with van der Waals surface area (Å²) in [6, 6.07) is 3.53. The molecule has 0 spiro atoms. The van der Waals surface area contributed by atoms with Crippen LogP contribution in [-0.2, 0) is 17.1 Å². The topological polar surface area (TPSA) is 58.6 Å². The number of nitrogens with one attached hydrogen (secondary N) is 1. The SMILES string of the molecule is CC(C)(C)OC(=O)N1CCC(NC(=O)c2cc(C(F)(F)F)cc(C(F)(F)F)c2)C(c2ccc(Cl)c(F)c2)C1. The van der Waals surface area contributed by atoms with Crippen LogP contribution in [0.25, 0.3) is 0 Å². The fraction of sp³-hybridized carbons (Fsp3) is 0.440. The summed E-state index contributed by atoms with van der Waals surface area (Å²) in [5.41, 5.74) is -4.61. The van der Waals surface area contributed by atoms with Gasteiger partial charge in [-0.3, -0.25) is 4.79 Å². The highest BCUT2D eigenvalue weighted by Gasteiger charge is 2.39. The van der Waals surface area contributed by atoms with E-state index in [9.17, 15) is 40.3 Å². The number of rotatable bonds is 3. The van der Waals surface area contributed by atoms with Crippen LogP contribution < -0.4 is 5.32 Å². The Hall–Kier alpha value is -3.02. The molecular formula is C25H24ClF7N2O3. The number of hydrogen-bond donors (Lipinski definition) is 1. The molecule has 0 aromatic heterocycles. The van der Waals surface area contributed by atoms with Gasteiger partial charge < -0.3 is 15.0 Å². The van der Waals surface area contributed by atoms with Gasteiger partial charge in [-0.05, 0) is 63.1 Å². The number of carbonyl (C=O) groups excluding carboxylic acids is 2. The van der Waals surface area contributed by atoms with E-state index < -0.39 is 64.4 Å². The van der Waals surface area contributed by atoms with E-state index in [0.717, 1.165) is 6.07 Å². The maximum Gasteiger partial charge on any atom is 0.416 e. The van der Waals surface area contributed by atoms with Crippen LogP contribution in [0.15, 0.2) is 36.4 Å². The number of nitrogens with zero attached hydrogens (tertiary/aromatic N) is 1. The third-order valence-corrected chi connectivity index (χ3v) is 6.11. The fourth-order valence-corrected chi connectivity index (χ4v) is 4.15. The number of likely N-dealkylation sites (tertiary alicyclic amines) is 1. The first-order valence-corrected chi connectivity index (χ1v) is 11.8. The van der Waals surface area contributed by atoms with Gasteiger partial charge in [0.25, 0.3) is 5.91 Å². The van der Waals surface area contributed by atoms with Gasteiger partial charge in [-0.15, -0.1) is 0 Å². The Balaban J connectivity index is 1.94. The Kier molecular flexibility index (Phi) is 8.26. The second-order valence-corrected chi connectivity index (χ2v) is 10.3. The summed E-state index contributed by atoms with van der Waals surface area (Å²) in [7, 11) is 0. The highest BCUT2D eigenvalue weighted by Crippen LogP contribution is 2.37. The van der Waals surface area contributed by atoms with Gasteiger partial charge >= 0.3 is 18.4 Å². The predicted octanol–water partition coefficient (Wildman–Crippen LogP) is 7.04. The standard InChI is InChI=1S/C25H24ClF7N2O3/c1-23(2,3)38-22(37)35-7-6-20(17(12-35)13-4-5-18(26)19(27)10-13)34-21(36)14-8-15(24(28,29)30)11-16(9-14)25(31,32)33/h4-5,8-11,17,20H,6-7,12H2,1-3H3,(H,34,36). The zero-order valence-corrected chi connectivity index (χ0v) is 21.2. The minimum atomic E-state index is -5.13. The van der Waals surface area contributed by atoms with E-state index in [0.29, 0.717) is 17.7 Å². The first-order valence-electron chi connectivity index (χ1n) is 11.4. The molecule has 0 aliphatic carbocycles. The van der Waals surface area contributed by atoms with Crippen molar-refractivity contribution in [2.75, 3.05) is 13.1 Å². The van der Waals surface area contributed by atoms with E-state index in [2.05, 4.69) is 5.32 Å². The maximum absolute atomic E-state index is 14.2. The molecule has 2 aromatic rings. The van der Waals surface area contributed by atoms with Crippen LogP contribution in [0.1, 0.15) is 60.2 Å². The molecule has 1 aliphatic rings. The van der Waals surface area contributed by atoms with E-state index in [-0.39, 0.29) is 30.6 Å². The molecule has 2 atom stereocenters. The number of ether oxygens (including phenoxy) is 1. The van der Waals surface area contributed by atoms with Gasteiger partial charge in [-0.2, -0.15) is 26.3 Å². The van der Waals surface area contributed by atoms with Gasteiger partial charge in [0.05, 0.1) is 16.1 Å². The van der Waals surface area contributed by atoms with E-state index in [1.165, 1.54) is 17.0 Å². The Bertz CT molecular complexity index is 1180. The van der Waals surface area contributed by atoms with Crippen LogP contribution in [-0.4, -0.2) is 41.6 Å². The van der Waals surface area contributed by atoms with Crippen molar-refractivity contribution >= 4 is 23.6 Å². The zero-order chi connectivity index (χ0) is 28.6. The van der Waals surface area contributed by atoms with Crippen molar-refractivity contribution in [2.24, 2.45) is 0 Å². The highest BCUT2D eigenvalue weighted by molar-refractivity contribution is 6.30. The lowest BCUT2D eigenvalue weighted by Crippen LogP contribution is -2.52. The van der Waals surface area contributed by atoms with Crippen molar-refractivity contribution in [2.45, 2.75) is 57.1 Å². The second-order valence-electron chi connectivity index (χ2n) is 9.87. The number of benzene rings is 2. The van der Waals surface area contributed by atoms with Crippen molar-refractivity contribution in [3.8, 4) is 0 Å². The lowest BCUT2D eigenvalue weighted by Gasteiger charge is -2.39. The molecule has 2 unspecified atom stereocenters. The summed E-state index contributed by atoms with van der Waals surface area (Å²) in [5.74, 6) is -2.74. The van der Waals surface area contributed by atoms with Crippen LogP contribution in [0.3, 0.4) is 0 Å². The van der Waals surface area contributed by atoms with Crippen LogP contribution >= 0.6 is 11.6 Å². The molecule has 2 amide bonds. The Morgan fingerprint density at radius 1 is 0.974 bits per heavy atom. The van der Waals surface area contributed by atoms with Crippen molar-refractivity contribution in [1.82, 2.24) is 10.2 Å². The normalized spacial score (nSPS) is 18.8. The number of carbonyl (C=O) groups is 2. The smallest absolute Gasteiger partial charge is 0.416 e. The largest absolute Gasteiger partial charge is 0.444 e. The quantitative estimate of drug-likeness (QED) is 0.404. The first-order chi connectivity index (χ1) is 17.3. The lowest BCUT2D eigenvalue weighted by atomic mass is 9.85. The molecule has 1 fully saturated rings. The number of amides is 2. The van der Waals surface area contributed by atoms with Gasteiger partial charge in [-0.1, -0.05) is 17.7 Å². The lowest BCUT2D eigenvalue weighted by molar-refractivity contribution is -0.143. The Morgan fingerprint density at radius 3 is 2.05 bits per heavy atom. The monoisotopic (exact) mass is 568 g/mol. The van der Waals surface area contributed by atoms with Crippen LogP contribution in [0.5, 0.6) is 0 Å². The second kappa shape index (κ2) is 10.6. The summed E-state index contributed by atoms with van der Waals surface area (Å²) >= 11 is 5.76. The van der Waals surface area contributed by atoms with Gasteiger partial charge in [-0.25, -0.2) is 9.18 Å². The maximum atomic E-state index is 14.2. The minimum Gasteiger partial charge on any atom is -0.444 e. The molecule has 3 rings (SSSR count). The summed E-state index contributed by atoms with van der Waals surface area (Å²) < 4.78 is 99.1. The average molecular weight is 569 g/mol. The molecule has 1 saturated heterocycles. The van der Waals surface area contributed by atoms with Gasteiger partial charge in [0.1, 0.15) is 11.4 Å². The molecule has 2 aromatic carbocycles. The molecule has 38 heavy (non-hydrogen) atoms. The summed E-state index contributed by atoms with van der Waals surface area (Å²) in [5, 5.41) is 2.29. The molecule has 208 valence electrons. The van der Waals surface area contributed by atoms with Crippen LogP contribution in [0, 0.1) is 5.82 Å². The van der Waals surface area contributed by atoms with Crippen LogP contribution in [0.2, 0.25) is 5.02 Å². The van der Waals surface area contributed by atoms with Crippen molar-refractivity contribution in [3.63, 3.8) is 0 Å². The van der Waals surface area contributed by atoms with Crippen molar-refractivity contribution in [3.05, 3.63) is 69.5 Å². The number of halogens is 8. The molecule has 1 heterocycles. The Morgan fingerprint density at radius 2 is 1.55 bits per heavy atom. The molecule has 1 N–H and O–H groups in total. The molecule has 13 heteroatoms. The summed E-state index contributed by atoms with van der Waals surface area (Å²) in [4.78, 5) is 26.9. The third-order valence-electron chi connectivity index (χ3n) is 5.80. The highest BCUT2D eigenvalue weighted by atomic mass is 35.5. The zero-order valence-electron chi connectivity index (χ0n) is 20.4. The van der Waals surface area contributed by atoms with E-state index >= 15 is 0 Å². The minimum absolute atomic E-state index is 0.0584. The van der Waals surface area contributed by atoms with Gasteiger partial charge in [0.15, 0.2) is 0 Å². The molecule has 0 saturated carbocycles. The third kappa shape index (κ3) is 7.30. The molecule has 5 nitrogen and oxygen atoms in total. The van der Waals surface area contributed by atoms with E-state index in [1.807, 2.05) is 0 Å². The number of piperidine rings is 1. The Labute approximate surface area is 218 Å². The van der Waals surface area contributed by atoms with Crippen molar-refractivity contribution < 1.29 is 45.1 Å². The molecular weight excluding hydrogens is 545 g/mol. The number of alkyl halides is 6. The summed E-state index contributed by atoms with van der Waals surface area (Å²) in [6.07, 6.45) is -10.9. The molecule has 0 bridgehead atoms. The van der Waals surface area contributed by atoms with Crippen molar-refractivity contribution in [1.29, 1.82) is 0 Å². The first kappa shape index (κ1) is 29.5. The predicted molar refractivity (Wildman–Crippen MR) is 124 cm³/mol. The fourth-order valence-electron chi connectivity index (χ4n) is 4.04. The van der Waals surface area contributed by atoms with Gasteiger partial charge in [0.2, 0.25) is 0 Å². The number of hydrogen-bond acceptors (Lipinski definition) is 3. The van der Waals surface area contributed by atoms with E-state index in [4.69, 9.17) is 16.3 Å². The van der Waals surface area contributed by atoms with Gasteiger partial charge in [0, 0.05) is 30.6 Å². The average Bonchev–Trinajstić information content (AvgIpc) is 2.78.